The van der Waals surface area contributed by atoms with E-state index in [1.807, 2.05) is 0 Å². The highest BCUT2D eigenvalue weighted by molar-refractivity contribution is 7.88. The van der Waals surface area contributed by atoms with Crippen LogP contribution in [0.2, 0.25) is 0 Å². The van der Waals surface area contributed by atoms with Crippen molar-refractivity contribution in [2.24, 2.45) is 5.73 Å². The van der Waals surface area contributed by atoms with Gasteiger partial charge in [-0.2, -0.15) is 13.1 Å². The van der Waals surface area contributed by atoms with Crippen LogP contribution < -0.4 is 15.2 Å². The lowest BCUT2D eigenvalue weighted by Crippen LogP contribution is -2.40. The molecule has 0 heterocycles. The van der Waals surface area contributed by atoms with Crippen molar-refractivity contribution >= 4 is 22.1 Å². The van der Waals surface area contributed by atoms with Gasteiger partial charge in [-0.3, -0.25) is 5.41 Å². The summed E-state index contributed by atoms with van der Waals surface area (Å²) in [5, 5.41) is 7.29. The van der Waals surface area contributed by atoms with Crippen LogP contribution in [-0.2, 0) is 21.5 Å². The molecular formula is C11H16N4O4S. The second-order valence-electron chi connectivity index (χ2n) is 3.76. The van der Waals surface area contributed by atoms with E-state index in [2.05, 4.69) is 9.46 Å². The second-order valence-corrected chi connectivity index (χ2v) is 5.26. The summed E-state index contributed by atoms with van der Waals surface area (Å²) in [6.45, 7) is 1.59. The molecule has 0 unspecified atom stereocenters. The molecule has 1 aromatic rings. The molecule has 9 heteroatoms. The summed E-state index contributed by atoms with van der Waals surface area (Å²) >= 11 is 0. The Labute approximate surface area is 117 Å². The van der Waals surface area contributed by atoms with Crippen LogP contribution in [0.15, 0.2) is 24.3 Å². The zero-order chi connectivity index (χ0) is 15.2. The lowest BCUT2D eigenvalue weighted by Gasteiger charge is -2.09. The third-order valence-electron chi connectivity index (χ3n) is 2.20. The minimum Gasteiger partial charge on any atom is -0.449 e. The Morgan fingerprint density at radius 2 is 2.15 bits per heavy atom. The van der Waals surface area contributed by atoms with Gasteiger partial charge in [0.15, 0.2) is 0 Å². The van der Waals surface area contributed by atoms with E-state index in [-0.39, 0.29) is 19.0 Å². The van der Waals surface area contributed by atoms with Gasteiger partial charge >= 0.3 is 16.3 Å². The fraction of sp³-hybridized carbons (Fsp3) is 0.273. The molecule has 0 fully saturated rings. The number of rotatable bonds is 6. The van der Waals surface area contributed by atoms with Crippen molar-refractivity contribution in [2.45, 2.75) is 13.5 Å². The summed E-state index contributed by atoms with van der Waals surface area (Å²) in [7, 11) is -3.99. The lowest BCUT2D eigenvalue weighted by molar-refractivity contribution is 0.158. The van der Waals surface area contributed by atoms with Gasteiger partial charge in [-0.1, -0.05) is 18.2 Å². The van der Waals surface area contributed by atoms with Gasteiger partial charge in [-0.15, -0.1) is 0 Å². The molecule has 0 atom stereocenters. The van der Waals surface area contributed by atoms with Crippen LogP contribution in [-0.4, -0.2) is 27.0 Å². The molecule has 1 rings (SSSR count). The van der Waals surface area contributed by atoms with Crippen molar-refractivity contribution in [1.82, 2.24) is 9.44 Å². The number of carbonyl (C=O) groups is 1. The van der Waals surface area contributed by atoms with Crippen LogP contribution in [0.4, 0.5) is 4.79 Å². The van der Waals surface area contributed by atoms with Crippen LogP contribution in [0.3, 0.4) is 0 Å². The SMILES string of the molecule is CCOC(=O)NS(=O)(=O)NCc1cccc(C(=N)N)c1. The average molecular weight is 300 g/mol. The van der Waals surface area contributed by atoms with E-state index in [1.54, 1.807) is 35.9 Å². The van der Waals surface area contributed by atoms with E-state index in [1.165, 1.54) is 0 Å². The molecule has 0 spiro atoms. The van der Waals surface area contributed by atoms with Gasteiger partial charge in [0.25, 0.3) is 0 Å². The highest BCUT2D eigenvalue weighted by Crippen LogP contribution is 2.04. The molecule has 1 aromatic carbocycles. The van der Waals surface area contributed by atoms with Crippen LogP contribution >= 0.6 is 0 Å². The maximum Gasteiger partial charge on any atom is 0.421 e. The van der Waals surface area contributed by atoms with Gasteiger partial charge in [-0.25, -0.2) is 9.52 Å². The first-order chi connectivity index (χ1) is 9.34. The van der Waals surface area contributed by atoms with Crippen LogP contribution in [0.1, 0.15) is 18.1 Å². The van der Waals surface area contributed by atoms with Gasteiger partial charge in [0, 0.05) is 12.1 Å². The number of ether oxygens (including phenoxy) is 1. The highest BCUT2D eigenvalue weighted by atomic mass is 32.2. The van der Waals surface area contributed by atoms with Crippen molar-refractivity contribution in [3.05, 3.63) is 35.4 Å². The van der Waals surface area contributed by atoms with Crippen molar-refractivity contribution < 1.29 is 17.9 Å². The molecule has 0 aliphatic heterocycles. The highest BCUT2D eigenvalue weighted by Gasteiger charge is 2.14. The Kier molecular flexibility index (Phi) is 5.47. The molecule has 110 valence electrons. The molecule has 0 bridgehead atoms. The van der Waals surface area contributed by atoms with Gasteiger partial charge in [0.2, 0.25) is 0 Å². The third-order valence-corrected chi connectivity index (χ3v) is 3.16. The van der Waals surface area contributed by atoms with E-state index in [4.69, 9.17) is 11.1 Å². The van der Waals surface area contributed by atoms with Crippen molar-refractivity contribution in [3.63, 3.8) is 0 Å². The van der Waals surface area contributed by atoms with E-state index < -0.39 is 16.3 Å². The summed E-state index contributed by atoms with van der Waals surface area (Å²) in [6, 6.07) is 6.53. The Balaban J connectivity index is 2.64. The number of benzene rings is 1. The first kappa shape index (κ1) is 15.9. The second kappa shape index (κ2) is 6.87. The quantitative estimate of drug-likeness (QED) is 0.435. The minimum absolute atomic E-state index is 0.0458. The molecule has 0 radical (unpaired) electrons. The van der Waals surface area contributed by atoms with E-state index in [0.717, 1.165) is 0 Å². The molecule has 5 N–H and O–H groups in total. The number of nitrogens with two attached hydrogens (primary N) is 1. The van der Waals surface area contributed by atoms with Crippen LogP contribution in [0.25, 0.3) is 0 Å². The fourth-order valence-electron chi connectivity index (χ4n) is 1.33. The smallest absolute Gasteiger partial charge is 0.421 e. The Morgan fingerprint density at radius 1 is 1.45 bits per heavy atom. The molecule has 1 amide bonds. The molecule has 0 saturated heterocycles. The van der Waals surface area contributed by atoms with E-state index in [0.29, 0.717) is 11.1 Å². The largest absolute Gasteiger partial charge is 0.449 e. The van der Waals surface area contributed by atoms with E-state index >= 15 is 0 Å². The lowest BCUT2D eigenvalue weighted by atomic mass is 10.1. The molecule has 0 aromatic heterocycles. The van der Waals surface area contributed by atoms with Crippen molar-refractivity contribution in [2.75, 3.05) is 6.61 Å². The number of hydrogen-bond acceptors (Lipinski definition) is 5. The van der Waals surface area contributed by atoms with Gasteiger partial charge in [0.05, 0.1) is 6.61 Å². The predicted molar refractivity (Wildman–Crippen MR) is 73.4 cm³/mol. The normalized spacial score (nSPS) is 10.8. The number of amides is 1. The average Bonchev–Trinajstić information content (AvgIpc) is 2.36. The Hall–Kier alpha value is -2.13. The topological polar surface area (TPSA) is 134 Å². The zero-order valence-corrected chi connectivity index (χ0v) is 11.7. The molecule has 0 aliphatic carbocycles. The number of amidine groups is 1. The molecular weight excluding hydrogens is 284 g/mol. The van der Waals surface area contributed by atoms with Crippen LogP contribution in [0.5, 0.6) is 0 Å². The third kappa shape index (κ3) is 5.24. The predicted octanol–water partition coefficient (Wildman–Crippen LogP) is 0.0512. The van der Waals surface area contributed by atoms with Crippen molar-refractivity contribution in [1.29, 1.82) is 5.41 Å². The molecule has 0 aliphatic rings. The first-order valence-electron chi connectivity index (χ1n) is 5.71. The fourth-order valence-corrected chi connectivity index (χ4v) is 2.04. The maximum atomic E-state index is 11.5. The molecule has 20 heavy (non-hydrogen) atoms. The van der Waals surface area contributed by atoms with Crippen molar-refractivity contribution in [3.8, 4) is 0 Å². The Morgan fingerprint density at radius 3 is 2.75 bits per heavy atom. The minimum atomic E-state index is -3.99. The molecule has 8 nitrogen and oxygen atoms in total. The standard InChI is InChI=1S/C11H16N4O4S/c1-2-19-11(16)15-20(17,18)14-7-8-4-3-5-9(6-8)10(12)13/h3-6,14H,2,7H2,1H3,(H3,12,13)(H,15,16). The summed E-state index contributed by atoms with van der Waals surface area (Å²) in [5.41, 5.74) is 6.42. The number of carbonyl (C=O) groups excluding carboxylic acids is 1. The first-order valence-corrected chi connectivity index (χ1v) is 7.20. The summed E-state index contributed by atoms with van der Waals surface area (Å²) in [5.74, 6) is -0.112. The molecule has 0 saturated carbocycles. The zero-order valence-electron chi connectivity index (χ0n) is 10.8. The van der Waals surface area contributed by atoms with E-state index in [9.17, 15) is 13.2 Å². The van der Waals surface area contributed by atoms with Gasteiger partial charge in [0.1, 0.15) is 5.84 Å². The number of nitrogen functional groups attached to an aromatic ring is 1. The van der Waals surface area contributed by atoms with Gasteiger partial charge < -0.3 is 10.5 Å². The maximum absolute atomic E-state index is 11.5. The summed E-state index contributed by atoms with van der Waals surface area (Å²) < 4.78 is 31.4. The number of nitrogens with one attached hydrogen (secondary N) is 3. The Bertz CT molecular complexity index is 600. The monoisotopic (exact) mass is 300 g/mol. The summed E-state index contributed by atoms with van der Waals surface area (Å²) in [6.07, 6.45) is -1.04. The van der Waals surface area contributed by atoms with Crippen LogP contribution in [0, 0.1) is 5.41 Å². The summed E-state index contributed by atoms with van der Waals surface area (Å²) in [4.78, 5) is 11.0. The van der Waals surface area contributed by atoms with Gasteiger partial charge in [-0.05, 0) is 18.6 Å². The number of hydrogen-bond donors (Lipinski definition) is 4.